The SMILES string of the molecule is O=C1[C@@H]2[C@@H](N=NN2CC(=O)N2N=C(c3ccc(Br)cc3)C[C@@H]2c2ccccc2)C(=O)N1c1c(Cl)cccc1Cl. The number of fused-ring (bicyclic) bond motifs is 1. The van der Waals surface area contributed by atoms with Gasteiger partial charge in [0.25, 0.3) is 17.7 Å². The van der Waals surface area contributed by atoms with E-state index in [1.54, 1.807) is 18.2 Å². The summed E-state index contributed by atoms with van der Waals surface area (Å²) >= 11 is 16.0. The molecule has 3 aliphatic heterocycles. The molecule has 196 valence electrons. The number of rotatable bonds is 5. The molecule has 3 aromatic carbocycles. The monoisotopic (exact) mass is 624 g/mol. The van der Waals surface area contributed by atoms with Gasteiger partial charge in [0.15, 0.2) is 12.1 Å². The second kappa shape index (κ2) is 10.2. The molecule has 0 aromatic heterocycles. The van der Waals surface area contributed by atoms with Crippen molar-refractivity contribution in [2.75, 3.05) is 11.4 Å². The molecule has 0 spiro atoms. The van der Waals surface area contributed by atoms with Gasteiger partial charge in [0.1, 0.15) is 6.54 Å². The minimum Gasteiger partial charge on any atom is -0.271 e. The van der Waals surface area contributed by atoms with E-state index < -0.39 is 23.9 Å². The van der Waals surface area contributed by atoms with Crippen molar-refractivity contribution in [2.24, 2.45) is 15.4 Å². The first-order chi connectivity index (χ1) is 18.8. The van der Waals surface area contributed by atoms with Crippen LogP contribution in [0.4, 0.5) is 5.69 Å². The fraction of sp³-hybridized carbons (Fsp3) is 0.185. The molecule has 12 heteroatoms. The van der Waals surface area contributed by atoms with E-state index >= 15 is 0 Å². The van der Waals surface area contributed by atoms with Crippen LogP contribution in [0.1, 0.15) is 23.6 Å². The van der Waals surface area contributed by atoms with Gasteiger partial charge in [-0.25, -0.2) is 9.91 Å². The minimum atomic E-state index is -1.09. The molecule has 39 heavy (non-hydrogen) atoms. The number of hydrazone groups is 1. The van der Waals surface area contributed by atoms with Gasteiger partial charge in [0, 0.05) is 10.9 Å². The topological polar surface area (TPSA) is 98.0 Å². The highest BCUT2D eigenvalue weighted by Crippen LogP contribution is 2.40. The zero-order valence-electron chi connectivity index (χ0n) is 20.1. The van der Waals surface area contributed by atoms with Crippen LogP contribution in [0.2, 0.25) is 10.0 Å². The maximum Gasteiger partial charge on any atom is 0.264 e. The van der Waals surface area contributed by atoms with Crippen molar-refractivity contribution in [3.05, 3.63) is 98.4 Å². The summed E-state index contributed by atoms with van der Waals surface area (Å²) in [5.74, 6) is -1.58. The molecular formula is C27H19BrCl2N6O3. The van der Waals surface area contributed by atoms with Crippen molar-refractivity contribution in [3.8, 4) is 0 Å². The smallest absolute Gasteiger partial charge is 0.264 e. The Bertz CT molecular complexity index is 1530. The fourth-order valence-corrected chi connectivity index (χ4v) is 5.81. The zero-order valence-corrected chi connectivity index (χ0v) is 23.2. The molecule has 3 aliphatic rings. The first kappa shape index (κ1) is 25.7. The number of hydrogen-bond donors (Lipinski definition) is 0. The number of halogens is 3. The third kappa shape index (κ3) is 4.52. The number of anilines is 1. The Hall–Kier alpha value is -3.60. The molecule has 1 saturated heterocycles. The molecule has 0 unspecified atom stereocenters. The van der Waals surface area contributed by atoms with E-state index in [-0.39, 0.29) is 34.2 Å². The molecule has 9 nitrogen and oxygen atoms in total. The molecule has 3 atom stereocenters. The van der Waals surface area contributed by atoms with Gasteiger partial charge in [0.2, 0.25) is 0 Å². The Kier molecular flexibility index (Phi) is 6.70. The average Bonchev–Trinajstić information content (AvgIpc) is 3.62. The van der Waals surface area contributed by atoms with Crippen molar-refractivity contribution in [1.29, 1.82) is 0 Å². The molecule has 3 heterocycles. The molecule has 1 fully saturated rings. The van der Waals surface area contributed by atoms with E-state index in [9.17, 15) is 14.4 Å². The Morgan fingerprint density at radius 2 is 1.62 bits per heavy atom. The Morgan fingerprint density at radius 1 is 0.923 bits per heavy atom. The highest BCUT2D eigenvalue weighted by molar-refractivity contribution is 9.10. The molecule has 3 aromatic rings. The van der Waals surface area contributed by atoms with Crippen molar-refractivity contribution in [1.82, 2.24) is 10.0 Å². The molecule has 0 bridgehead atoms. The van der Waals surface area contributed by atoms with E-state index in [4.69, 9.17) is 23.2 Å². The Morgan fingerprint density at radius 3 is 2.31 bits per heavy atom. The highest BCUT2D eigenvalue weighted by atomic mass is 79.9. The summed E-state index contributed by atoms with van der Waals surface area (Å²) in [7, 11) is 0. The molecular weight excluding hydrogens is 607 g/mol. The number of nitrogens with zero attached hydrogens (tertiary/aromatic N) is 6. The van der Waals surface area contributed by atoms with Crippen LogP contribution in [0.3, 0.4) is 0 Å². The number of carbonyl (C=O) groups excluding carboxylic acids is 3. The van der Waals surface area contributed by atoms with E-state index in [0.29, 0.717) is 6.42 Å². The molecule has 0 saturated carbocycles. The maximum absolute atomic E-state index is 13.7. The van der Waals surface area contributed by atoms with Crippen LogP contribution in [0.25, 0.3) is 0 Å². The van der Waals surface area contributed by atoms with Crippen LogP contribution in [0.5, 0.6) is 0 Å². The van der Waals surface area contributed by atoms with Crippen molar-refractivity contribution in [2.45, 2.75) is 24.5 Å². The Balaban J connectivity index is 1.27. The lowest BCUT2D eigenvalue weighted by Gasteiger charge is -2.25. The predicted molar refractivity (Wildman–Crippen MR) is 149 cm³/mol. The normalized spacial score (nSPS) is 22.1. The van der Waals surface area contributed by atoms with Crippen molar-refractivity contribution < 1.29 is 14.4 Å². The van der Waals surface area contributed by atoms with E-state index in [2.05, 4.69) is 31.4 Å². The van der Waals surface area contributed by atoms with Gasteiger partial charge in [-0.3, -0.25) is 19.4 Å². The number of amides is 3. The third-order valence-electron chi connectivity index (χ3n) is 6.84. The van der Waals surface area contributed by atoms with Gasteiger partial charge in [-0.05, 0) is 35.4 Å². The first-order valence-corrected chi connectivity index (χ1v) is 13.6. The average molecular weight is 626 g/mol. The number of para-hydroxylation sites is 1. The summed E-state index contributed by atoms with van der Waals surface area (Å²) in [6, 6.07) is 19.5. The van der Waals surface area contributed by atoms with Gasteiger partial charge >= 0.3 is 0 Å². The largest absolute Gasteiger partial charge is 0.271 e. The second-order valence-corrected chi connectivity index (χ2v) is 10.9. The second-order valence-electron chi connectivity index (χ2n) is 9.20. The molecule has 0 radical (unpaired) electrons. The number of hydrogen-bond acceptors (Lipinski definition) is 7. The van der Waals surface area contributed by atoms with Crippen LogP contribution in [0, 0.1) is 0 Å². The summed E-state index contributed by atoms with van der Waals surface area (Å²) in [6.07, 6.45) is 0.515. The standard InChI is InChI=1S/C27H19BrCl2N6O3/c28-17-11-9-15(10-12-17)20-13-21(16-5-2-1-3-6-16)36(32-20)22(37)14-34-25-23(31-33-34)26(38)35(27(25)39)24-18(29)7-4-8-19(24)30/h1-12,21,23,25H,13-14H2/t21-,23-,25+/m1/s1. The van der Waals surface area contributed by atoms with Crippen LogP contribution in [0.15, 0.2) is 92.7 Å². The number of imide groups is 1. The van der Waals surface area contributed by atoms with Gasteiger partial charge < -0.3 is 0 Å². The van der Waals surface area contributed by atoms with Crippen LogP contribution >= 0.6 is 39.1 Å². The third-order valence-corrected chi connectivity index (χ3v) is 7.98. The minimum absolute atomic E-state index is 0.0964. The zero-order chi connectivity index (χ0) is 27.3. The molecule has 0 aliphatic carbocycles. The van der Waals surface area contributed by atoms with Gasteiger partial charge in [-0.1, -0.05) is 92.9 Å². The van der Waals surface area contributed by atoms with E-state index in [0.717, 1.165) is 26.2 Å². The lowest BCUT2D eigenvalue weighted by Crippen LogP contribution is -2.44. The molecule has 3 amide bonds. The predicted octanol–water partition coefficient (Wildman–Crippen LogP) is 5.43. The van der Waals surface area contributed by atoms with Crippen LogP contribution in [-0.2, 0) is 14.4 Å². The van der Waals surface area contributed by atoms with Crippen LogP contribution in [-0.4, -0.2) is 52.1 Å². The van der Waals surface area contributed by atoms with Gasteiger partial charge in [-0.15, -0.1) is 0 Å². The number of benzene rings is 3. The summed E-state index contributed by atoms with van der Waals surface area (Å²) in [5, 5.41) is 15.7. The highest BCUT2D eigenvalue weighted by Gasteiger charge is 2.56. The fourth-order valence-electron chi connectivity index (χ4n) is 4.98. The molecule has 6 rings (SSSR count). The molecule has 0 N–H and O–H groups in total. The lowest BCUT2D eigenvalue weighted by molar-refractivity contribution is -0.135. The summed E-state index contributed by atoms with van der Waals surface area (Å²) in [6.45, 7) is -0.297. The van der Waals surface area contributed by atoms with E-state index in [1.165, 1.54) is 10.0 Å². The lowest BCUT2D eigenvalue weighted by atomic mass is 9.98. The van der Waals surface area contributed by atoms with Crippen molar-refractivity contribution in [3.63, 3.8) is 0 Å². The number of carbonyl (C=O) groups is 3. The first-order valence-electron chi connectivity index (χ1n) is 12.0. The summed E-state index contributed by atoms with van der Waals surface area (Å²) < 4.78 is 0.939. The van der Waals surface area contributed by atoms with Gasteiger partial charge in [-0.2, -0.15) is 10.2 Å². The van der Waals surface area contributed by atoms with Crippen molar-refractivity contribution >= 4 is 68.3 Å². The van der Waals surface area contributed by atoms with E-state index in [1.807, 2.05) is 54.6 Å². The van der Waals surface area contributed by atoms with Gasteiger partial charge in [0.05, 0.1) is 27.5 Å². The Labute approximate surface area is 241 Å². The quantitative estimate of drug-likeness (QED) is 0.353. The summed E-state index contributed by atoms with van der Waals surface area (Å²) in [4.78, 5) is 41.2. The van der Waals surface area contributed by atoms with Crippen LogP contribution < -0.4 is 4.90 Å². The summed E-state index contributed by atoms with van der Waals surface area (Å²) in [5.41, 5.74) is 2.69. The maximum atomic E-state index is 13.7.